The van der Waals surface area contributed by atoms with E-state index in [2.05, 4.69) is 0 Å². The smallest absolute Gasteiger partial charge is 0.420 e. The molecule has 0 fully saturated rings. The Balaban J connectivity index is 2.59. The average Bonchev–Trinajstić information content (AvgIpc) is 2.67. The van der Waals surface area contributed by atoms with E-state index in [0.29, 0.717) is 0 Å². The third-order valence-corrected chi connectivity index (χ3v) is 4.54. The fraction of sp³-hybridized carbons (Fsp3) is 0.381. The molecule has 0 radical (unpaired) electrons. The number of esters is 1. The van der Waals surface area contributed by atoms with Crippen molar-refractivity contribution in [2.24, 2.45) is 0 Å². The van der Waals surface area contributed by atoms with E-state index in [4.69, 9.17) is 26.4 Å². The number of carbonyl (C=O) groups excluding carboxylic acids is 2. The summed E-state index contributed by atoms with van der Waals surface area (Å²) in [7, 11) is 2.24. The maximum absolute atomic E-state index is 13.7. The van der Waals surface area contributed by atoms with E-state index in [1.54, 1.807) is 20.8 Å². The first-order valence-corrected chi connectivity index (χ1v) is 9.49. The molecule has 0 N–H and O–H groups in total. The molecule has 0 unspecified atom stereocenters. The van der Waals surface area contributed by atoms with Gasteiger partial charge in [0.2, 0.25) is 0 Å². The lowest BCUT2D eigenvalue weighted by Crippen LogP contribution is -2.42. The highest BCUT2D eigenvalue weighted by atomic mass is 32.1. The second-order valence-corrected chi connectivity index (χ2v) is 7.88. The first kappa shape index (κ1) is 24.4. The van der Waals surface area contributed by atoms with E-state index in [0.717, 1.165) is 19.1 Å². The van der Waals surface area contributed by atoms with Gasteiger partial charge in [-0.2, -0.15) is 13.2 Å². The van der Waals surface area contributed by atoms with Gasteiger partial charge in [-0.05, 0) is 43.7 Å². The summed E-state index contributed by atoms with van der Waals surface area (Å²) in [6.07, 6.45) is -5.64. The van der Waals surface area contributed by atoms with Gasteiger partial charge >= 0.3 is 18.2 Å². The van der Waals surface area contributed by atoms with E-state index in [9.17, 15) is 22.8 Å². The Morgan fingerprint density at radius 2 is 1.68 bits per heavy atom. The maximum Gasteiger partial charge on any atom is 0.420 e. The van der Waals surface area contributed by atoms with Crippen molar-refractivity contribution >= 4 is 40.0 Å². The average molecular weight is 457 g/mol. The number of methoxy groups -OCH3 is 2. The molecule has 168 valence electrons. The number of hydrogen-bond acceptors (Lipinski definition) is 6. The molecule has 2 rings (SSSR count). The highest BCUT2D eigenvalue weighted by molar-refractivity contribution is 7.80. The van der Waals surface area contributed by atoms with Gasteiger partial charge in [0.25, 0.3) is 0 Å². The summed E-state index contributed by atoms with van der Waals surface area (Å²) in [6, 6.07) is 6.70. The van der Waals surface area contributed by atoms with E-state index < -0.39 is 35.9 Å². The summed E-state index contributed by atoms with van der Waals surface area (Å²) in [5.41, 5.74) is -1.62. The van der Waals surface area contributed by atoms with Crippen LogP contribution < -0.4 is 4.74 Å². The number of hydrogen-bond donors (Lipinski definition) is 0. The fourth-order valence-corrected chi connectivity index (χ4v) is 3.28. The number of ether oxygens (including phenoxy) is 3. The van der Waals surface area contributed by atoms with E-state index in [1.165, 1.54) is 30.3 Å². The fourth-order valence-electron chi connectivity index (χ4n) is 2.96. The number of halogens is 3. The number of thiocarbonyl (C=S) groups is 1. The van der Waals surface area contributed by atoms with Crippen molar-refractivity contribution in [2.45, 2.75) is 32.5 Å². The number of alkyl halides is 3. The minimum atomic E-state index is -4.69. The Labute approximate surface area is 182 Å². The first-order valence-electron chi connectivity index (χ1n) is 9.08. The van der Waals surface area contributed by atoms with Gasteiger partial charge in [-0.25, -0.2) is 4.79 Å². The topological polar surface area (TPSA) is 65.1 Å². The van der Waals surface area contributed by atoms with Crippen LogP contribution in [0, 0.1) is 0 Å². The summed E-state index contributed by atoms with van der Waals surface area (Å²) in [4.78, 5) is 25.2. The second-order valence-electron chi connectivity index (χ2n) is 7.49. The third kappa shape index (κ3) is 5.63. The molecule has 2 aromatic carbocycles. The molecular formula is C21H22F3NO5S. The Morgan fingerprint density at radius 3 is 2.19 bits per heavy atom. The van der Waals surface area contributed by atoms with Gasteiger partial charge in [-0.3, -0.25) is 9.69 Å². The monoisotopic (exact) mass is 457 g/mol. The second kappa shape index (κ2) is 9.09. The molecule has 0 saturated heterocycles. The predicted octanol–water partition coefficient (Wildman–Crippen LogP) is 4.95. The number of benzene rings is 2. The Bertz CT molecular complexity index is 1010. The van der Waals surface area contributed by atoms with Gasteiger partial charge < -0.3 is 14.2 Å². The molecule has 0 heterocycles. The Kier molecular flexibility index (Phi) is 7.15. The number of fused-ring (bicyclic) bond motifs is 1. The van der Waals surface area contributed by atoms with Gasteiger partial charge in [0.05, 0.1) is 14.2 Å². The van der Waals surface area contributed by atoms with Crippen LogP contribution in [0.2, 0.25) is 0 Å². The summed E-state index contributed by atoms with van der Waals surface area (Å²) >= 11 is 5.37. The van der Waals surface area contributed by atoms with E-state index >= 15 is 0 Å². The van der Waals surface area contributed by atoms with Crippen molar-refractivity contribution in [3.8, 4) is 5.75 Å². The summed E-state index contributed by atoms with van der Waals surface area (Å²) < 4.78 is 55.9. The molecular weight excluding hydrogens is 435 g/mol. The standard InChI is InChI=1S/C21H22F3NO5S/c1-20(2,3)30-16(26)11-25(19(27)29-5)18(31)14-8-6-7-13-12(14)9-10-15(28-4)17(13)21(22,23)24/h6-10H,11H2,1-5H3. The van der Waals surface area contributed by atoms with Crippen molar-refractivity contribution in [1.29, 1.82) is 0 Å². The predicted molar refractivity (Wildman–Crippen MR) is 112 cm³/mol. The molecule has 0 saturated carbocycles. The normalized spacial score (nSPS) is 11.7. The van der Waals surface area contributed by atoms with Crippen LogP contribution in [0.4, 0.5) is 18.0 Å². The SMILES string of the molecule is COC(=O)N(CC(=O)OC(C)(C)C)C(=S)c1cccc2c(C(F)(F)F)c(OC)ccc12. The third-order valence-electron chi connectivity index (χ3n) is 4.10. The van der Waals surface area contributed by atoms with Crippen molar-refractivity contribution in [3.05, 3.63) is 41.5 Å². The van der Waals surface area contributed by atoms with Crippen LogP contribution in [-0.2, 0) is 20.4 Å². The Morgan fingerprint density at radius 1 is 1.03 bits per heavy atom. The first-order chi connectivity index (χ1) is 14.3. The largest absolute Gasteiger partial charge is 0.496 e. The van der Waals surface area contributed by atoms with Crippen molar-refractivity contribution in [3.63, 3.8) is 0 Å². The lowest BCUT2D eigenvalue weighted by Gasteiger charge is -2.25. The molecule has 6 nitrogen and oxygen atoms in total. The zero-order valence-electron chi connectivity index (χ0n) is 17.6. The summed E-state index contributed by atoms with van der Waals surface area (Å²) in [5.74, 6) is -1.10. The molecule has 0 aliphatic carbocycles. The molecule has 0 atom stereocenters. The summed E-state index contributed by atoms with van der Waals surface area (Å²) in [6.45, 7) is 4.40. The summed E-state index contributed by atoms with van der Waals surface area (Å²) in [5, 5.41) is -0.0208. The van der Waals surface area contributed by atoms with Crippen LogP contribution in [-0.4, -0.2) is 48.3 Å². The quantitative estimate of drug-likeness (QED) is 0.478. The molecule has 0 aliphatic heterocycles. The highest BCUT2D eigenvalue weighted by Gasteiger charge is 2.37. The molecule has 0 aromatic heterocycles. The number of carbonyl (C=O) groups is 2. The van der Waals surface area contributed by atoms with Crippen LogP contribution in [0.15, 0.2) is 30.3 Å². The molecule has 0 aliphatic rings. The van der Waals surface area contributed by atoms with Gasteiger partial charge in [-0.1, -0.05) is 30.4 Å². The molecule has 2 aromatic rings. The van der Waals surface area contributed by atoms with E-state index in [1.807, 2.05) is 0 Å². The molecule has 10 heteroatoms. The van der Waals surface area contributed by atoms with Crippen molar-refractivity contribution in [2.75, 3.05) is 20.8 Å². The molecule has 0 spiro atoms. The highest BCUT2D eigenvalue weighted by Crippen LogP contribution is 2.42. The number of rotatable bonds is 4. The zero-order valence-corrected chi connectivity index (χ0v) is 18.4. The van der Waals surface area contributed by atoms with Gasteiger partial charge in [0.1, 0.15) is 28.4 Å². The number of nitrogens with zero attached hydrogens (tertiary/aromatic N) is 1. The van der Waals surface area contributed by atoms with Crippen LogP contribution in [0.3, 0.4) is 0 Å². The van der Waals surface area contributed by atoms with Gasteiger partial charge in [0, 0.05) is 5.56 Å². The Hall–Kier alpha value is -2.88. The molecule has 1 amide bonds. The van der Waals surface area contributed by atoms with Crippen molar-refractivity contribution in [1.82, 2.24) is 4.90 Å². The van der Waals surface area contributed by atoms with Crippen LogP contribution in [0.25, 0.3) is 10.8 Å². The lowest BCUT2D eigenvalue weighted by molar-refractivity contribution is -0.154. The minimum Gasteiger partial charge on any atom is -0.496 e. The zero-order chi connectivity index (χ0) is 23.6. The molecule has 0 bridgehead atoms. The van der Waals surface area contributed by atoms with Crippen LogP contribution >= 0.6 is 12.2 Å². The maximum atomic E-state index is 13.7. The van der Waals surface area contributed by atoms with Gasteiger partial charge in [-0.15, -0.1) is 0 Å². The van der Waals surface area contributed by atoms with Gasteiger partial charge in [0.15, 0.2) is 0 Å². The molecule has 31 heavy (non-hydrogen) atoms. The van der Waals surface area contributed by atoms with E-state index in [-0.39, 0.29) is 27.1 Å². The lowest BCUT2D eigenvalue weighted by atomic mass is 9.98. The number of amides is 1. The van der Waals surface area contributed by atoms with Crippen LogP contribution in [0.1, 0.15) is 31.9 Å². The van der Waals surface area contributed by atoms with Crippen molar-refractivity contribution < 1.29 is 37.0 Å². The minimum absolute atomic E-state index is 0.138. The van der Waals surface area contributed by atoms with Crippen LogP contribution in [0.5, 0.6) is 5.75 Å².